The third-order valence-corrected chi connectivity index (χ3v) is 4.11. The number of rotatable bonds is 5. The van der Waals surface area contributed by atoms with Gasteiger partial charge in [-0.3, -0.25) is 14.9 Å². The predicted octanol–water partition coefficient (Wildman–Crippen LogP) is 3.90. The van der Waals surface area contributed by atoms with E-state index in [-0.39, 0.29) is 11.4 Å². The molecule has 1 N–H and O–H groups in total. The van der Waals surface area contributed by atoms with Crippen molar-refractivity contribution in [3.05, 3.63) is 94.5 Å². The second kappa shape index (κ2) is 7.20. The summed E-state index contributed by atoms with van der Waals surface area (Å²) in [4.78, 5) is 22.6. The highest BCUT2D eigenvalue weighted by atomic mass is 16.6. The number of nitro benzene ring substituents is 1. The molecule has 0 saturated carbocycles. The van der Waals surface area contributed by atoms with Gasteiger partial charge in [-0.15, -0.1) is 0 Å². The van der Waals surface area contributed by atoms with Crippen molar-refractivity contribution in [2.75, 3.05) is 0 Å². The molecular weight excluding hydrogens is 360 g/mol. The van der Waals surface area contributed by atoms with E-state index in [0.29, 0.717) is 11.0 Å². The minimum absolute atomic E-state index is 0.0195. The van der Waals surface area contributed by atoms with Crippen molar-refractivity contribution < 1.29 is 14.1 Å². The van der Waals surface area contributed by atoms with E-state index >= 15 is 0 Å². The average molecular weight is 374 g/mol. The van der Waals surface area contributed by atoms with Crippen LogP contribution in [0.15, 0.2) is 82.4 Å². The van der Waals surface area contributed by atoms with Gasteiger partial charge >= 0.3 is 5.91 Å². The van der Waals surface area contributed by atoms with Crippen LogP contribution in [0.5, 0.6) is 0 Å². The number of benzene rings is 2. The molecular formula is C20H14N4O4. The largest absolute Gasteiger partial charge is 0.451 e. The number of hydrazone groups is 1. The molecule has 2 heterocycles. The summed E-state index contributed by atoms with van der Waals surface area (Å²) in [7, 11) is 0. The van der Waals surface area contributed by atoms with Gasteiger partial charge in [0.15, 0.2) is 5.76 Å². The molecule has 138 valence electrons. The molecule has 0 fully saturated rings. The maximum Gasteiger partial charge on any atom is 0.307 e. The zero-order valence-corrected chi connectivity index (χ0v) is 14.5. The molecule has 0 saturated heterocycles. The summed E-state index contributed by atoms with van der Waals surface area (Å²) in [6, 6.07) is 19.0. The number of hydrogen-bond donors (Lipinski definition) is 1. The summed E-state index contributed by atoms with van der Waals surface area (Å²) >= 11 is 0. The van der Waals surface area contributed by atoms with E-state index < -0.39 is 10.8 Å². The lowest BCUT2D eigenvalue weighted by atomic mass is 10.2. The van der Waals surface area contributed by atoms with Crippen LogP contribution in [0.3, 0.4) is 0 Å². The van der Waals surface area contributed by atoms with E-state index in [9.17, 15) is 14.9 Å². The molecule has 0 spiro atoms. The highest BCUT2D eigenvalue weighted by Crippen LogP contribution is 2.24. The molecule has 0 bridgehead atoms. The van der Waals surface area contributed by atoms with Crippen LogP contribution in [0.1, 0.15) is 16.2 Å². The van der Waals surface area contributed by atoms with Crippen LogP contribution < -0.4 is 5.43 Å². The molecule has 2 aromatic carbocycles. The number of amides is 1. The zero-order chi connectivity index (χ0) is 19.5. The highest BCUT2D eigenvalue weighted by molar-refractivity contribution is 5.96. The number of non-ortho nitro benzene ring substituents is 1. The fraction of sp³-hybridized carbons (Fsp3) is 0. The first-order valence-electron chi connectivity index (χ1n) is 8.36. The van der Waals surface area contributed by atoms with Crippen LogP contribution in [0.2, 0.25) is 0 Å². The Kier molecular flexibility index (Phi) is 4.43. The Morgan fingerprint density at radius 3 is 2.71 bits per heavy atom. The lowest BCUT2D eigenvalue weighted by Gasteiger charge is -2.05. The molecule has 1 amide bonds. The Labute approximate surface area is 158 Å². The van der Waals surface area contributed by atoms with Crippen LogP contribution in [0.25, 0.3) is 16.7 Å². The van der Waals surface area contributed by atoms with Crippen LogP contribution >= 0.6 is 0 Å². The maximum atomic E-state index is 12.3. The number of fused-ring (bicyclic) bond motifs is 1. The van der Waals surface area contributed by atoms with Gasteiger partial charge in [-0.1, -0.05) is 18.2 Å². The second-order valence-corrected chi connectivity index (χ2v) is 5.93. The van der Waals surface area contributed by atoms with Gasteiger partial charge in [0.1, 0.15) is 5.58 Å². The Balaban J connectivity index is 1.50. The number of para-hydroxylation sites is 1. The number of nitro groups is 1. The summed E-state index contributed by atoms with van der Waals surface area (Å²) in [6.07, 6.45) is 3.42. The highest BCUT2D eigenvalue weighted by Gasteiger charge is 2.14. The van der Waals surface area contributed by atoms with Gasteiger partial charge < -0.3 is 8.98 Å². The third kappa shape index (κ3) is 3.38. The topological polar surface area (TPSA) is 103 Å². The minimum atomic E-state index is -0.548. The van der Waals surface area contributed by atoms with E-state index in [1.165, 1.54) is 30.5 Å². The number of nitrogens with zero attached hydrogens (tertiary/aromatic N) is 3. The number of carbonyl (C=O) groups excluding carboxylic acids is 1. The molecule has 4 aromatic rings. The molecule has 4 rings (SSSR count). The van der Waals surface area contributed by atoms with Gasteiger partial charge in [0.05, 0.1) is 16.8 Å². The fourth-order valence-electron chi connectivity index (χ4n) is 2.79. The fourth-order valence-corrected chi connectivity index (χ4v) is 2.79. The Hall–Kier alpha value is -4.20. The number of nitrogens with one attached hydrogen (secondary N) is 1. The van der Waals surface area contributed by atoms with Crippen LogP contribution in [-0.2, 0) is 0 Å². The van der Waals surface area contributed by atoms with Gasteiger partial charge in [-0.2, -0.15) is 5.10 Å². The minimum Gasteiger partial charge on any atom is -0.451 e. The average Bonchev–Trinajstić information content (AvgIpc) is 3.34. The molecule has 2 aromatic heterocycles. The summed E-state index contributed by atoms with van der Waals surface area (Å²) in [5.74, 6) is -0.529. The van der Waals surface area contributed by atoms with E-state index in [4.69, 9.17) is 4.42 Å². The Morgan fingerprint density at radius 1 is 1.11 bits per heavy atom. The zero-order valence-electron chi connectivity index (χ0n) is 14.5. The van der Waals surface area contributed by atoms with Gasteiger partial charge in [-0.05, 0) is 36.4 Å². The van der Waals surface area contributed by atoms with E-state index in [1.54, 1.807) is 0 Å². The van der Waals surface area contributed by atoms with Crippen LogP contribution in [-0.4, -0.2) is 21.6 Å². The maximum absolute atomic E-state index is 12.3. The van der Waals surface area contributed by atoms with Crippen molar-refractivity contribution in [3.8, 4) is 5.69 Å². The van der Waals surface area contributed by atoms with E-state index in [2.05, 4.69) is 10.5 Å². The van der Waals surface area contributed by atoms with Crippen molar-refractivity contribution in [2.24, 2.45) is 5.10 Å². The summed E-state index contributed by atoms with van der Waals surface area (Å²) in [6.45, 7) is 0. The predicted molar refractivity (Wildman–Crippen MR) is 104 cm³/mol. The lowest BCUT2D eigenvalue weighted by Crippen LogP contribution is -2.17. The number of hydrogen-bond acceptors (Lipinski definition) is 5. The third-order valence-electron chi connectivity index (χ3n) is 4.11. The molecule has 0 radical (unpaired) electrons. The number of furan rings is 1. The smallest absolute Gasteiger partial charge is 0.307 e. The van der Waals surface area contributed by atoms with Crippen molar-refractivity contribution in [3.63, 3.8) is 0 Å². The first kappa shape index (κ1) is 17.2. The molecule has 0 aliphatic rings. The second-order valence-electron chi connectivity index (χ2n) is 5.93. The number of carbonyl (C=O) groups is 1. The van der Waals surface area contributed by atoms with Gasteiger partial charge in [-0.25, -0.2) is 5.43 Å². The van der Waals surface area contributed by atoms with Gasteiger partial charge in [0.25, 0.3) is 5.69 Å². The summed E-state index contributed by atoms with van der Waals surface area (Å²) in [5, 5.41) is 15.3. The molecule has 0 aliphatic heterocycles. The molecule has 0 aliphatic carbocycles. The normalized spacial score (nSPS) is 11.1. The lowest BCUT2D eigenvalue weighted by molar-refractivity contribution is -0.384. The Bertz CT molecular complexity index is 1190. The molecule has 0 unspecified atom stereocenters. The standard InChI is InChI=1S/C20H14N4O4/c25-20(19-12-14-11-16(24(26)27)8-9-18(14)28-19)22-21-13-17-7-4-10-23(17)15-5-2-1-3-6-15/h1-13H,(H,22,25)/b21-13-. The van der Waals surface area contributed by atoms with Gasteiger partial charge in [0, 0.05) is 29.4 Å². The Morgan fingerprint density at radius 2 is 1.93 bits per heavy atom. The monoisotopic (exact) mass is 374 g/mol. The van der Waals surface area contributed by atoms with E-state index in [1.807, 2.05) is 53.2 Å². The number of aromatic nitrogens is 1. The quantitative estimate of drug-likeness (QED) is 0.325. The summed E-state index contributed by atoms with van der Waals surface area (Å²) in [5.41, 5.74) is 4.48. The SMILES string of the molecule is O=C(N/N=C\c1cccn1-c1ccccc1)c1cc2cc([N+](=O)[O-])ccc2o1. The van der Waals surface area contributed by atoms with Crippen molar-refractivity contribution in [1.29, 1.82) is 0 Å². The molecule has 28 heavy (non-hydrogen) atoms. The van der Waals surface area contributed by atoms with E-state index in [0.717, 1.165) is 11.4 Å². The molecule has 8 heteroatoms. The van der Waals surface area contributed by atoms with Crippen LogP contribution in [0.4, 0.5) is 5.69 Å². The summed E-state index contributed by atoms with van der Waals surface area (Å²) < 4.78 is 7.36. The van der Waals surface area contributed by atoms with Crippen molar-refractivity contribution in [2.45, 2.75) is 0 Å². The van der Waals surface area contributed by atoms with Crippen LogP contribution in [0, 0.1) is 10.1 Å². The van der Waals surface area contributed by atoms with Gasteiger partial charge in [0.2, 0.25) is 0 Å². The molecule has 0 atom stereocenters. The first-order chi connectivity index (χ1) is 13.6. The molecule has 8 nitrogen and oxygen atoms in total. The van der Waals surface area contributed by atoms with Crippen molar-refractivity contribution >= 4 is 28.8 Å². The first-order valence-corrected chi connectivity index (χ1v) is 8.36. The van der Waals surface area contributed by atoms with Crippen molar-refractivity contribution in [1.82, 2.24) is 9.99 Å².